The SMILES string of the molecule is BrCc1ccccc1.ClCC(CBr)OCc1ccccc1.ClCC1CO1.[Cl][Hg][Cl]. The van der Waals surface area contributed by atoms with Gasteiger partial charge in [0.2, 0.25) is 0 Å². The molecule has 0 saturated carbocycles. The third-order valence-corrected chi connectivity index (χ3v) is 5.30. The topological polar surface area (TPSA) is 21.8 Å². The van der Waals surface area contributed by atoms with Crippen molar-refractivity contribution in [2.75, 3.05) is 23.7 Å². The molecule has 0 aromatic heterocycles. The fraction of sp³-hybridized carbons (Fsp3) is 0.400. The van der Waals surface area contributed by atoms with Crippen LogP contribution >= 0.6 is 71.6 Å². The van der Waals surface area contributed by atoms with Gasteiger partial charge in [0.25, 0.3) is 0 Å². The molecule has 1 heterocycles. The van der Waals surface area contributed by atoms with Crippen LogP contribution in [0.4, 0.5) is 0 Å². The van der Waals surface area contributed by atoms with Crippen LogP contribution in [0.25, 0.3) is 0 Å². The summed E-state index contributed by atoms with van der Waals surface area (Å²) in [6.45, 7) is 1.51. The molecule has 3 rings (SSSR count). The molecule has 0 spiro atoms. The van der Waals surface area contributed by atoms with Gasteiger partial charge in [0, 0.05) is 16.5 Å². The summed E-state index contributed by atoms with van der Waals surface area (Å²) in [4.78, 5) is 0. The van der Waals surface area contributed by atoms with Crippen LogP contribution in [0.3, 0.4) is 0 Å². The Labute approximate surface area is 220 Å². The molecule has 0 radical (unpaired) electrons. The van der Waals surface area contributed by atoms with Crippen LogP contribution in [0, 0.1) is 0 Å². The Kier molecular flexibility index (Phi) is 23.7. The minimum absolute atomic E-state index is 0.0990. The molecule has 2 unspecified atom stereocenters. The molecule has 0 amide bonds. The van der Waals surface area contributed by atoms with Crippen molar-refractivity contribution in [2.24, 2.45) is 0 Å². The molecule has 1 aliphatic rings. The van der Waals surface area contributed by atoms with Gasteiger partial charge in [-0.1, -0.05) is 92.5 Å². The van der Waals surface area contributed by atoms with Crippen molar-refractivity contribution in [3.8, 4) is 0 Å². The van der Waals surface area contributed by atoms with Crippen molar-refractivity contribution in [1.29, 1.82) is 0 Å². The van der Waals surface area contributed by atoms with E-state index < -0.39 is 22.1 Å². The summed E-state index contributed by atoms with van der Waals surface area (Å²) in [6, 6.07) is 20.4. The van der Waals surface area contributed by atoms with Gasteiger partial charge in [-0.15, -0.1) is 23.2 Å². The molecule has 1 fully saturated rings. The van der Waals surface area contributed by atoms with E-state index in [9.17, 15) is 0 Å². The molecule has 0 bridgehead atoms. The molecule has 29 heavy (non-hydrogen) atoms. The van der Waals surface area contributed by atoms with Gasteiger partial charge in [0.15, 0.2) is 0 Å². The van der Waals surface area contributed by atoms with Crippen LogP contribution in [0.1, 0.15) is 11.1 Å². The summed E-state index contributed by atoms with van der Waals surface area (Å²) in [7, 11) is 9.97. The number of alkyl halides is 4. The number of benzene rings is 2. The fourth-order valence-corrected chi connectivity index (χ4v) is 3.07. The molecule has 0 N–H and O–H groups in total. The Hall–Kier alpha value is 1.42. The van der Waals surface area contributed by atoms with E-state index in [4.69, 9.17) is 49.2 Å². The van der Waals surface area contributed by atoms with Gasteiger partial charge < -0.3 is 9.47 Å². The monoisotopic (exact) mass is 796 g/mol. The molecule has 2 atom stereocenters. The van der Waals surface area contributed by atoms with E-state index in [1.165, 1.54) is 11.1 Å². The second kappa shape index (κ2) is 22.6. The van der Waals surface area contributed by atoms with Crippen LogP contribution < -0.4 is 0 Å². The summed E-state index contributed by atoms with van der Waals surface area (Å²) in [5.74, 6) is 1.19. The van der Waals surface area contributed by atoms with Gasteiger partial charge in [-0.05, 0) is 11.1 Å². The van der Waals surface area contributed by atoms with Gasteiger partial charge in [-0.3, -0.25) is 0 Å². The van der Waals surface area contributed by atoms with Gasteiger partial charge in [0.05, 0.1) is 31.3 Å². The Morgan fingerprint density at radius 3 is 1.72 bits per heavy atom. The number of rotatable bonds is 7. The van der Waals surface area contributed by atoms with Crippen molar-refractivity contribution in [1.82, 2.24) is 0 Å². The van der Waals surface area contributed by atoms with Crippen LogP contribution in [0.15, 0.2) is 60.7 Å². The van der Waals surface area contributed by atoms with E-state index in [1.807, 2.05) is 48.5 Å². The maximum absolute atomic E-state index is 5.68. The van der Waals surface area contributed by atoms with E-state index in [-0.39, 0.29) is 6.10 Å². The molecule has 0 aliphatic carbocycles. The van der Waals surface area contributed by atoms with E-state index in [0.29, 0.717) is 24.5 Å². The molecule has 2 aromatic rings. The maximum atomic E-state index is 5.68. The zero-order valence-corrected chi connectivity index (χ0v) is 27.7. The minimum atomic E-state index is -1.14. The number of hydrogen-bond donors (Lipinski definition) is 0. The summed E-state index contributed by atoms with van der Waals surface area (Å²) in [6.07, 6.45) is 0.499. The first-order valence-corrected chi connectivity index (χ1v) is 25.7. The molecule has 1 aliphatic heterocycles. The molecular formula is C20H24Br2Cl4HgO2. The molecule has 1 saturated heterocycles. The van der Waals surface area contributed by atoms with Gasteiger partial charge >= 0.3 is 38.6 Å². The van der Waals surface area contributed by atoms with E-state index in [0.717, 1.165) is 17.3 Å². The normalized spacial score (nSPS) is 14.5. The average Bonchev–Trinajstić information content (AvgIpc) is 3.62. The van der Waals surface area contributed by atoms with Crippen LogP contribution in [-0.2, 0) is 43.5 Å². The van der Waals surface area contributed by atoms with E-state index in [2.05, 4.69) is 44.0 Å². The second-order valence-corrected chi connectivity index (χ2v) is 15.3. The second-order valence-electron chi connectivity index (χ2n) is 5.56. The number of halogens is 6. The van der Waals surface area contributed by atoms with Crippen molar-refractivity contribution < 1.29 is 31.6 Å². The van der Waals surface area contributed by atoms with E-state index >= 15 is 0 Å². The van der Waals surface area contributed by atoms with Crippen LogP contribution in [0.5, 0.6) is 0 Å². The molecule has 9 heteroatoms. The number of hydrogen-bond acceptors (Lipinski definition) is 2. The van der Waals surface area contributed by atoms with E-state index in [1.54, 1.807) is 0 Å². The number of ether oxygens (including phenoxy) is 2. The summed E-state index contributed by atoms with van der Waals surface area (Å²) >= 11 is 16.5. The quantitative estimate of drug-likeness (QED) is 0.162. The Morgan fingerprint density at radius 1 is 0.966 bits per heavy atom. The Morgan fingerprint density at radius 2 is 1.45 bits per heavy atom. The summed E-state index contributed by atoms with van der Waals surface area (Å²) in [5.41, 5.74) is 2.51. The standard InChI is InChI=1S/C10H12BrClO.C7H7Br.C3H5ClO.2ClH.Hg/c11-6-10(7-12)13-8-9-4-2-1-3-5-9;8-6-7-4-2-1-3-5-7;4-1-3-2-5-3;;;/h1-5,10H,6-8H2;1-5H,6H2;3H,1-2H2;2*1H;/q;;;;;+2/p-2. The third-order valence-electron chi connectivity index (χ3n) is 3.24. The third kappa shape index (κ3) is 19.8. The summed E-state index contributed by atoms with van der Waals surface area (Å²) in [5, 5.41) is 1.73. The Balaban J connectivity index is 0.000000414. The van der Waals surface area contributed by atoms with Crippen molar-refractivity contribution in [3.63, 3.8) is 0 Å². The summed E-state index contributed by atoms with van der Waals surface area (Å²) < 4.78 is 10.3. The van der Waals surface area contributed by atoms with Crippen molar-refractivity contribution >= 4 is 71.6 Å². The van der Waals surface area contributed by atoms with Crippen molar-refractivity contribution in [2.45, 2.75) is 24.1 Å². The molecule has 2 aromatic carbocycles. The van der Waals surface area contributed by atoms with Crippen molar-refractivity contribution in [3.05, 3.63) is 71.8 Å². The van der Waals surface area contributed by atoms with Crippen LogP contribution in [0.2, 0.25) is 0 Å². The number of epoxide rings is 1. The first kappa shape index (κ1) is 30.4. The fourth-order valence-electron chi connectivity index (χ4n) is 1.64. The predicted octanol–water partition coefficient (Wildman–Crippen LogP) is 7.79. The van der Waals surface area contributed by atoms with Crippen LogP contribution in [-0.4, -0.2) is 35.9 Å². The first-order chi connectivity index (χ1) is 14.1. The molecule has 2 nitrogen and oxygen atoms in total. The predicted molar refractivity (Wildman–Crippen MR) is 131 cm³/mol. The zero-order chi connectivity index (χ0) is 21.7. The molecular weight excluding hydrogens is 774 g/mol. The zero-order valence-electron chi connectivity index (χ0n) is 16.0. The van der Waals surface area contributed by atoms with Gasteiger partial charge in [-0.25, -0.2) is 0 Å². The van der Waals surface area contributed by atoms with Gasteiger partial charge in [0.1, 0.15) is 0 Å². The van der Waals surface area contributed by atoms with Gasteiger partial charge in [-0.2, -0.15) is 0 Å². The Bertz CT molecular complexity index is 577. The molecule has 160 valence electrons. The first-order valence-electron chi connectivity index (χ1n) is 8.81. The average molecular weight is 799 g/mol.